The van der Waals surface area contributed by atoms with Crippen molar-refractivity contribution in [1.82, 2.24) is 30.0 Å². The zero-order valence-electron chi connectivity index (χ0n) is 17.8. The van der Waals surface area contributed by atoms with Gasteiger partial charge in [-0.2, -0.15) is 5.10 Å². The molecule has 2 fully saturated rings. The third-order valence-corrected chi connectivity index (χ3v) is 5.03. The lowest BCUT2D eigenvalue weighted by Crippen LogP contribution is -2.43. The summed E-state index contributed by atoms with van der Waals surface area (Å²) >= 11 is 0. The van der Waals surface area contributed by atoms with Crippen molar-refractivity contribution in [2.75, 3.05) is 37.4 Å². The number of nitrogen functional groups attached to an aromatic ring is 1. The average Bonchev–Trinajstić information content (AvgIpc) is 3.19. The van der Waals surface area contributed by atoms with Gasteiger partial charge in [0.05, 0.1) is 25.5 Å². The first-order chi connectivity index (χ1) is 16.5. The number of ether oxygens (including phenoxy) is 2. The third-order valence-electron chi connectivity index (χ3n) is 5.03. The van der Waals surface area contributed by atoms with E-state index in [9.17, 15) is 8.78 Å². The Kier molecular flexibility index (Phi) is 7.08. The van der Waals surface area contributed by atoms with Gasteiger partial charge in [0, 0.05) is 48.7 Å². The molecule has 0 spiro atoms. The van der Waals surface area contributed by atoms with Crippen molar-refractivity contribution in [2.45, 2.75) is 18.6 Å². The Bertz CT molecular complexity index is 1140. The van der Waals surface area contributed by atoms with Crippen molar-refractivity contribution in [3.05, 3.63) is 36.5 Å². The highest BCUT2D eigenvalue weighted by molar-refractivity contribution is 5.71. The number of halogens is 2. The number of nitrogens with one attached hydrogen (secondary N) is 2. The van der Waals surface area contributed by atoms with E-state index in [1.165, 1.54) is 6.07 Å². The van der Waals surface area contributed by atoms with Crippen molar-refractivity contribution in [2.24, 2.45) is 0 Å². The molecule has 2 aliphatic heterocycles. The van der Waals surface area contributed by atoms with E-state index in [2.05, 4.69) is 30.7 Å². The summed E-state index contributed by atoms with van der Waals surface area (Å²) in [6.07, 6.45) is 2.47. The van der Waals surface area contributed by atoms with E-state index in [1.54, 1.807) is 18.5 Å². The van der Waals surface area contributed by atoms with Crippen molar-refractivity contribution >= 4 is 23.9 Å². The number of hydrogen-bond acceptors (Lipinski definition) is 10. The van der Waals surface area contributed by atoms with Gasteiger partial charge < -0.3 is 30.9 Å². The number of aromatic nitrogens is 5. The molecule has 5 N–H and O–H groups in total. The number of nitrogens with zero attached hydrogens (tertiary/aromatic N) is 5. The Hall–Kier alpha value is -3.91. The molecule has 14 heteroatoms. The van der Waals surface area contributed by atoms with Gasteiger partial charge >= 0.3 is 0 Å². The highest BCUT2D eigenvalue weighted by atomic mass is 19.3. The maximum absolute atomic E-state index is 13.0. The number of hydrogen-bond donors (Lipinski definition) is 4. The number of carbonyl (C=O) groups is 1. The van der Waals surface area contributed by atoms with Crippen LogP contribution in [0.5, 0.6) is 5.75 Å². The molecular formula is C20H22F2N8O4. The Morgan fingerprint density at radius 1 is 1.26 bits per heavy atom. The van der Waals surface area contributed by atoms with Crippen molar-refractivity contribution < 1.29 is 28.2 Å². The summed E-state index contributed by atoms with van der Waals surface area (Å²) in [5.74, 6) is 0.345. The first-order valence-electron chi connectivity index (χ1n) is 10.2. The molecule has 2 saturated heterocycles. The van der Waals surface area contributed by atoms with Crippen LogP contribution in [-0.2, 0) is 9.53 Å². The Morgan fingerprint density at radius 3 is 2.65 bits per heavy atom. The lowest BCUT2D eigenvalue weighted by atomic mass is 10.1. The van der Waals surface area contributed by atoms with Crippen LogP contribution in [0.2, 0.25) is 0 Å². The Morgan fingerprint density at radius 2 is 2.03 bits per heavy atom. The quantitative estimate of drug-likeness (QED) is 0.367. The van der Waals surface area contributed by atoms with Crippen LogP contribution in [0.3, 0.4) is 0 Å². The molecular weight excluding hydrogens is 454 g/mol. The normalized spacial score (nSPS) is 15.6. The molecule has 3 aromatic heterocycles. The molecule has 34 heavy (non-hydrogen) atoms. The highest BCUT2D eigenvalue weighted by Crippen LogP contribution is 2.34. The first-order valence-corrected chi connectivity index (χ1v) is 10.2. The lowest BCUT2D eigenvalue weighted by Gasteiger charge is -2.28. The Balaban J connectivity index is 0.000000868. The molecule has 0 unspecified atom stereocenters. The second kappa shape index (κ2) is 10.4. The second-order valence-corrected chi connectivity index (χ2v) is 7.43. The SMILES string of the molecule is Nc1cc(Nc2cc(OC3COC3)c(-c3cnn(C4CNC4)c3)cn2)nc(C(F)F)n1.O=CO. The van der Waals surface area contributed by atoms with E-state index < -0.39 is 12.2 Å². The number of rotatable bonds is 7. The summed E-state index contributed by atoms with van der Waals surface area (Å²) in [5.41, 5.74) is 7.26. The molecule has 0 radical (unpaired) electrons. The Labute approximate surface area is 192 Å². The van der Waals surface area contributed by atoms with E-state index in [0.717, 1.165) is 24.2 Å². The fraction of sp³-hybridized carbons (Fsp3) is 0.350. The molecule has 3 aromatic rings. The summed E-state index contributed by atoms with van der Waals surface area (Å²) in [6, 6.07) is 3.38. The summed E-state index contributed by atoms with van der Waals surface area (Å²) in [6.45, 7) is 2.51. The van der Waals surface area contributed by atoms with E-state index in [0.29, 0.717) is 30.8 Å². The van der Waals surface area contributed by atoms with Crippen molar-refractivity contribution in [3.8, 4) is 16.9 Å². The predicted molar refractivity (Wildman–Crippen MR) is 116 cm³/mol. The summed E-state index contributed by atoms with van der Waals surface area (Å²) in [5, 5.41) is 17.4. The van der Waals surface area contributed by atoms with Crippen LogP contribution < -0.4 is 21.1 Å². The standard InChI is InChI=1S/C19H20F2N8O2.CH2O2/c20-18(21)19-26-15(22)2-17(28-19)27-16-1-14(31-12-8-30-9-12)13(6-24-16)10-3-25-29(7-10)11-4-23-5-11;2-1-3/h1-3,6-7,11-12,18,23H,4-5,8-9H2,(H3,22,24,26,27,28);1H,(H,2,3). The fourth-order valence-electron chi connectivity index (χ4n) is 3.20. The minimum atomic E-state index is -2.83. The maximum atomic E-state index is 13.0. The largest absolute Gasteiger partial charge is 0.485 e. The van der Waals surface area contributed by atoms with Gasteiger partial charge in [-0.3, -0.25) is 9.48 Å². The molecule has 0 aromatic carbocycles. The van der Waals surface area contributed by atoms with Gasteiger partial charge in [0.25, 0.3) is 12.9 Å². The lowest BCUT2D eigenvalue weighted by molar-refractivity contribution is -0.122. The van der Waals surface area contributed by atoms with E-state index in [-0.39, 0.29) is 24.2 Å². The van der Waals surface area contributed by atoms with Crippen LogP contribution in [0.25, 0.3) is 11.1 Å². The predicted octanol–water partition coefficient (Wildman–Crippen LogP) is 1.62. The molecule has 0 bridgehead atoms. The summed E-state index contributed by atoms with van der Waals surface area (Å²) < 4.78 is 39.2. The summed E-state index contributed by atoms with van der Waals surface area (Å²) in [7, 11) is 0. The van der Waals surface area contributed by atoms with Crippen LogP contribution in [0.1, 0.15) is 18.3 Å². The zero-order valence-corrected chi connectivity index (χ0v) is 17.8. The number of alkyl halides is 2. The number of pyridine rings is 1. The minimum Gasteiger partial charge on any atom is -0.485 e. The molecule has 0 amide bonds. The van der Waals surface area contributed by atoms with Gasteiger partial charge in [0.1, 0.15) is 29.3 Å². The molecule has 5 heterocycles. The van der Waals surface area contributed by atoms with Gasteiger partial charge in [0.2, 0.25) is 0 Å². The van der Waals surface area contributed by atoms with Gasteiger partial charge in [-0.15, -0.1) is 0 Å². The van der Waals surface area contributed by atoms with E-state index in [4.69, 9.17) is 25.1 Å². The number of nitrogens with two attached hydrogens (primary N) is 1. The van der Waals surface area contributed by atoms with Crippen molar-refractivity contribution in [3.63, 3.8) is 0 Å². The topological polar surface area (TPSA) is 162 Å². The molecule has 0 aliphatic carbocycles. The third kappa shape index (κ3) is 5.35. The smallest absolute Gasteiger partial charge is 0.297 e. The molecule has 0 atom stereocenters. The van der Waals surface area contributed by atoms with Gasteiger partial charge in [-0.25, -0.2) is 23.7 Å². The number of anilines is 3. The molecule has 0 saturated carbocycles. The zero-order chi connectivity index (χ0) is 24.1. The van der Waals surface area contributed by atoms with Crippen LogP contribution in [0, 0.1) is 0 Å². The molecule has 2 aliphatic rings. The van der Waals surface area contributed by atoms with E-state index >= 15 is 0 Å². The number of carboxylic acid groups (broad SMARTS) is 1. The van der Waals surface area contributed by atoms with Crippen LogP contribution in [0.4, 0.5) is 26.2 Å². The second-order valence-electron chi connectivity index (χ2n) is 7.43. The molecule has 5 rings (SSSR count). The van der Waals surface area contributed by atoms with Crippen LogP contribution in [0.15, 0.2) is 30.7 Å². The highest BCUT2D eigenvalue weighted by Gasteiger charge is 2.24. The molecule has 180 valence electrons. The van der Waals surface area contributed by atoms with Gasteiger partial charge in [-0.05, 0) is 0 Å². The van der Waals surface area contributed by atoms with Crippen LogP contribution >= 0.6 is 0 Å². The van der Waals surface area contributed by atoms with Crippen molar-refractivity contribution in [1.29, 1.82) is 0 Å². The first kappa shape index (κ1) is 23.3. The summed E-state index contributed by atoms with van der Waals surface area (Å²) in [4.78, 5) is 20.1. The maximum Gasteiger partial charge on any atom is 0.297 e. The van der Waals surface area contributed by atoms with Crippen LogP contribution in [-0.4, -0.2) is 68.7 Å². The molecule has 12 nitrogen and oxygen atoms in total. The van der Waals surface area contributed by atoms with Gasteiger partial charge in [-0.1, -0.05) is 0 Å². The minimum absolute atomic E-state index is 0.0644. The average molecular weight is 476 g/mol. The fourth-order valence-corrected chi connectivity index (χ4v) is 3.20. The monoisotopic (exact) mass is 476 g/mol. The van der Waals surface area contributed by atoms with Gasteiger partial charge in [0.15, 0.2) is 5.82 Å². The van der Waals surface area contributed by atoms with E-state index in [1.807, 2.05) is 10.9 Å².